The molecule has 2 aliphatic heterocycles. The van der Waals surface area contributed by atoms with Crippen LogP contribution >= 0.6 is 47.4 Å². The van der Waals surface area contributed by atoms with E-state index < -0.39 is 0 Å². The van der Waals surface area contributed by atoms with Gasteiger partial charge >= 0.3 is 0 Å². The maximum atomic E-state index is 6.55. The smallest absolute Gasteiger partial charge is 0.173 e. The monoisotopic (exact) mass is 512 g/mol. The Morgan fingerprint density at radius 1 is 1.21 bits per heavy atom. The number of nitrogens with one attached hydrogen (secondary N) is 2. The van der Waals surface area contributed by atoms with Crippen LogP contribution in [-0.2, 0) is 13.0 Å². The van der Waals surface area contributed by atoms with Gasteiger partial charge in [-0.25, -0.2) is 0 Å². The molecular formula is C24H21ClN4OS3. The fraction of sp³-hybridized carbons (Fsp3) is 0.208. The molecule has 9 heteroatoms. The lowest BCUT2D eigenvalue weighted by atomic mass is 9.95. The van der Waals surface area contributed by atoms with Gasteiger partial charge < -0.3 is 20.3 Å². The quantitative estimate of drug-likeness (QED) is 0.435. The number of aliphatic imine (C=N–C) groups is 1. The number of methoxy groups -OCH3 is 1. The van der Waals surface area contributed by atoms with Gasteiger partial charge in [0, 0.05) is 33.3 Å². The molecular weight excluding hydrogens is 492 g/mol. The van der Waals surface area contributed by atoms with Crippen molar-refractivity contribution in [1.82, 2.24) is 4.90 Å². The third-order valence-electron chi connectivity index (χ3n) is 5.68. The van der Waals surface area contributed by atoms with Gasteiger partial charge in [-0.2, -0.15) is 0 Å². The molecule has 2 N–H and O–H groups in total. The van der Waals surface area contributed by atoms with Gasteiger partial charge in [0.2, 0.25) is 0 Å². The number of ether oxygens (including phenoxy) is 1. The summed E-state index contributed by atoms with van der Waals surface area (Å²) in [6.07, 6.45) is 0.865. The van der Waals surface area contributed by atoms with Gasteiger partial charge in [-0.15, -0.1) is 11.3 Å². The number of anilines is 2. The minimum Gasteiger partial charge on any atom is -0.497 e. The highest BCUT2D eigenvalue weighted by Gasteiger charge is 2.30. The van der Waals surface area contributed by atoms with E-state index in [1.807, 2.05) is 48.5 Å². The Hall–Kier alpha value is -2.52. The van der Waals surface area contributed by atoms with Crippen LogP contribution in [0.3, 0.4) is 0 Å². The highest BCUT2D eigenvalue weighted by molar-refractivity contribution is 7.80. The first kappa shape index (κ1) is 22.3. The summed E-state index contributed by atoms with van der Waals surface area (Å²) in [6, 6.07) is 15.6. The number of halogens is 1. The molecule has 2 aromatic carbocycles. The van der Waals surface area contributed by atoms with E-state index in [0.717, 1.165) is 52.8 Å². The zero-order chi connectivity index (χ0) is 22.9. The molecule has 0 spiro atoms. The van der Waals surface area contributed by atoms with E-state index in [9.17, 15) is 0 Å². The van der Waals surface area contributed by atoms with Gasteiger partial charge in [-0.05, 0) is 54.5 Å². The van der Waals surface area contributed by atoms with E-state index in [1.54, 1.807) is 18.4 Å². The lowest BCUT2D eigenvalue weighted by Gasteiger charge is -2.30. The second-order valence-electron chi connectivity index (χ2n) is 7.73. The number of hydrogen-bond acceptors (Lipinski definition) is 5. The number of nitrogens with zero attached hydrogens (tertiary/aromatic N) is 2. The number of benzene rings is 2. The Labute approximate surface area is 212 Å². The molecule has 0 radical (unpaired) electrons. The standard InChI is InChI=1S/C24H21ClN4OS3/c1-30-15-8-6-14(7-9-15)27-24(32)29-11-10-17-19(13-29)33-23-21(17)22(26-12-20(31)28-23)16-4-2-3-5-18(16)25/h2-9H,10-13H2,1H3,(H,27,32)(H,28,31). The van der Waals surface area contributed by atoms with Crippen LogP contribution in [-0.4, -0.2) is 40.9 Å². The van der Waals surface area contributed by atoms with Crippen molar-refractivity contribution in [3.63, 3.8) is 0 Å². The maximum absolute atomic E-state index is 6.55. The Kier molecular flexibility index (Phi) is 6.34. The average Bonchev–Trinajstić information content (AvgIpc) is 3.08. The molecule has 2 aliphatic rings. The molecule has 0 fully saturated rings. The van der Waals surface area contributed by atoms with Crippen LogP contribution in [0.15, 0.2) is 53.5 Å². The summed E-state index contributed by atoms with van der Waals surface area (Å²) in [5.74, 6) is 0.815. The Balaban J connectivity index is 1.43. The third-order valence-corrected chi connectivity index (χ3v) is 7.74. The van der Waals surface area contributed by atoms with E-state index in [-0.39, 0.29) is 0 Å². The highest BCUT2D eigenvalue weighted by Crippen LogP contribution is 2.40. The number of rotatable bonds is 3. The SMILES string of the molecule is COc1ccc(NC(=S)N2CCc3c(sc4c3C(c3ccccc3Cl)=NCC(=S)N4)C2)cc1. The first-order chi connectivity index (χ1) is 16.0. The molecule has 0 aliphatic carbocycles. The molecule has 0 bridgehead atoms. The van der Waals surface area contributed by atoms with E-state index in [0.29, 0.717) is 21.7 Å². The number of thiocarbonyl (C=S) groups is 2. The second-order valence-corrected chi connectivity index (χ2v) is 10.1. The fourth-order valence-electron chi connectivity index (χ4n) is 4.06. The summed E-state index contributed by atoms with van der Waals surface area (Å²) in [7, 11) is 1.66. The lowest BCUT2D eigenvalue weighted by Crippen LogP contribution is -2.38. The molecule has 5 rings (SSSR count). The van der Waals surface area contributed by atoms with Crippen molar-refractivity contribution in [2.45, 2.75) is 13.0 Å². The van der Waals surface area contributed by atoms with Crippen LogP contribution in [0.1, 0.15) is 21.6 Å². The summed E-state index contributed by atoms with van der Waals surface area (Å²) in [5, 5.41) is 9.19. The van der Waals surface area contributed by atoms with Gasteiger partial charge in [-0.1, -0.05) is 42.0 Å². The van der Waals surface area contributed by atoms with Gasteiger partial charge in [-0.3, -0.25) is 4.99 Å². The van der Waals surface area contributed by atoms with Gasteiger partial charge in [0.25, 0.3) is 0 Å². The molecule has 33 heavy (non-hydrogen) atoms. The van der Waals surface area contributed by atoms with Crippen LogP contribution in [0.25, 0.3) is 0 Å². The van der Waals surface area contributed by atoms with Crippen molar-refractivity contribution in [3.05, 3.63) is 75.1 Å². The van der Waals surface area contributed by atoms with Crippen molar-refractivity contribution in [1.29, 1.82) is 0 Å². The Morgan fingerprint density at radius 3 is 2.76 bits per heavy atom. The summed E-state index contributed by atoms with van der Waals surface area (Å²) >= 11 is 19.5. The number of thiophene rings is 1. The molecule has 0 atom stereocenters. The van der Waals surface area contributed by atoms with E-state index in [1.165, 1.54) is 10.4 Å². The van der Waals surface area contributed by atoms with Gasteiger partial charge in [0.05, 0.1) is 25.9 Å². The van der Waals surface area contributed by atoms with Gasteiger partial charge in [0.1, 0.15) is 15.7 Å². The maximum Gasteiger partial charge on any atom is 0.173 e. The topological polar surface area (TPSA) is 48.9 Å². The zero-order valence-corrected chi connectivity index (χ0v) is 21.1. The van der Waals surface area contributed by atoms with Crippen LogP contribution in [0.4, 0.5) is 10.7 Å². The first-order valence-corrected chi connectivity index (χ1v) is 12.5. The van der Waals surface area contributed by atoms with Crippen LogP contribution in [0.2, 0.25) is 5.02 Å². The first-order valence-electron chi connectivity index (χ1n) is 10.5. The summed E-state index contributed by atoms with van der Waals surface area (Å²) in [6.45, 7) is 2.01. The van der Waals surface area contributed by atoms with Crippen molar-refractivity contribution in [2.24, 2.45) is 4.99 Å². The predicted octanol–water partition coefficient (Wildman–Crippen LogP) is 5.76. The molecule has 3 aromatic rings. The molecule has 3 heterocycles. The highest BCUT2D eigenvalue weighted by atomic mass is 35.5. The Morgan fingerprint density at radius 2 is 2.00 bits per heavy atom. The number of fused-ring (bicyclic) bond motifs is 3. The minimum absolute atomic E-state index is 0.452. The summed E-state index contributed by atoms with van der Waals surface area (Å²) < 4.78 is 5.23. The molecule has 168 valence electrons. The molecule has 0 saturated carbocycles. The van der Waals surface area contributed by atoms with E-state index in [4.69, 9.17) is 45.8 Å². The zero-order valence-electron chi connectivity index (χ0n) is 17.9. The summed E-state index contributed by atoms with van der Waals surface area (Å²) in [5.41, 5.74) is 5.21. The molecule has 1 aromatic heterocycles. The molecule has 0 saturated heterocycles. The van der Waals surface area contributed by atoms with Crippen LogP contribution < -0.4 is 15.4 Å². The summed E-state index contributed by atoms with van der Waals surface area (Å²) in [4.78, 5) is 9.03. The van der Waals surface area contributed by atoms with E-state index in [2.05, 4.69) is 15.5 Å². The van der Waals surface area contributed by atoms with Crippen molar-refractivity contribution < 1.29 is 4.74 Å². The minimum atomic E-state index is 0.452. The Bertz CT molecular complexity index is 1270. The molecule has 0 unspecified atom stereocenters. The molecule has 0 amide bonds. The van der Waals surface area contributed by atoms with Crippen molar-refractivity contribution >= 4 is 73.9 Å². The van der Waals surface area contributed by atoms with Crippen molar-refractivity contribution in [3.8, 4) is 5.75 Å². The van der Waals surface area contributed by atoms with E-state index >= 15 is 0 Å². The van der Waals surface area contributed by atoms with Crippen LogP contribution in [0.5, 0.6) is 5.75 Å². The third kappa shape index (κ3) is 4.48. The van der Waals surface area contributed by atoms with Gasteiger partial charge in [0.15, 0.2) is 5.11 Å². The van der Waals surface area contributed by atoms with Crippen LogP contribution in [0, 0.1) is 0 Å². The second kappa shape index (κ2) is 9.38. The fourth-order valence-corrected chi connectivity index (χ4v) is 6.08. The lowest BCUT2D eigenvalue weighted by molar-refractivity contribution is 0.405. The largest absolute Gasteiger partial charge is 0.497 e. The normalized spacial score (nSPS) is 15.0. The number of hydrogen-bond donors (Lipinski definition) is 2. The average molecular weight is 513 g/mol. The molecule has 5 nitrogen and oxygen atoms in total. The predicted molar refractivity (Wildman–Crippen MR) is 146 cm³/mol. The van der Waals surface area contributed by atoms with Crippen molar-refractivity contribution in [2.75, 3.05) is 30.8 Å².